The number of esters is 1. The van der Waals surface area contributed by atoms with Crippen LogP contribution >= 0.6 is 11.6 Å². The van der Waals surface area contributed by atoms with Crippen molar-refractivity contribution in [1.82, 2.24) is 0 Å². The molecule has 1 amide bonds. The van der Waals surface area contributed by atoms with Crippen LogP contribution in [0, 0.1) is 5.82 Å². The van der Waals surface area contributed by atoms with Crippen molar-refractivity contribution in [2.45, 2.75) is 32.3 Å². The van der Waals surface area contributed by atoms with E-state index in [-0.39, 0.29) is 23.0 Å². The zero-order valence-corrected chi connectivity index (χ0v) is 14.7. The molecule has 25 heavy (non-hydrogen) atoms. The van der Waals surface area contributed by atoms with Gasteiger partial charge < -0.3 is 10.1 Å². The molecule has 0 unspecified atom stereocenters. The number of halogens is 2. The molecule has 2 rings (SSSR count). The molecule has 1 N–H and O–H groups in total. The van der Waals surface area contributed by atoms with Crippen LogP contribution in [0.5, 0.6) is 0 Å². The Kier molecular flexibility index (Phi) is 6.53. The number of hydrogen-bond acceptors (Lipinski definition) is 3. The van der Waals surface area contributed by atoms with Crippen LogP contribution in [0.15, 0.2) is 48.5 Å². The van der Waals surface area contributed by atoms with Crippen LogP contribution in [-0.4, -0.2) is 18.0 Å². The SMILES string of the molecule is C[C@@H](OC(=O)C[C@H](C)c1ccccc1)C(=O)Nc1ccc(F)cc1Cl. The molecule has 0 aliphatic carbocycles. The lowest BCUT2D eigenvalue weighted by atomic mass is 9.98. The smallest absolute Gasteiger partial charge is 0.307 e. The van der Waals surface area contributed by atoms with Gasteiger partial charge in [0, 0.05) is 0 Å². The van der Waals surface area contributed by atoms with Crippen LogP contribution in [0.25, 0.3) is 0 Å². The maximum Gasteiger partial charge on any atom is 0.307 e. The molecule has 6 heteroatoms. The van der Waals surface area contributed by atoms with Crippen molar-refractivity contribution in [3.8, 4) is 0 Å². The topological polar surface area (TPSA) is 55.4 Å². The van der Waals surface area contributed by atoms with Gasteiger partial charge in [0.2, 0.25) is 0 Å². The molecular formula is C19H19ClFNO3. The van der Waals surface area contributed by atoms with Gasteiger partial charge in [0.15, 0.2) is 6.10 Å². The second-order valence-corrected chi connectivity index (χ2v) is 6.17. The lowest BCUT2D eigenvalue weighted by Crippen LogP contribution is -2.30. The Morgan fingerprint density at radius 2 is 1.84 bits per heavy atom. The summed E-state index contributed by atoms with van der Waals surface area (Å²) >= 11 is 5.86. The fourth-order valence-corrected chi connectivity index (χ4v) is 2.49. The normalized spacial score (nSPS) is 13.0. The molecule has 0 saturated carbocycles. The highest BCUT2D eigenvalue weighted by Gasteiger charge is 2.20. The Bertz CT molecular complexity index is 752. The molecular weight excluding hydrogens is 345 g/mol. The van der Waals surface area contributed by atoms with E-state index in [0.29, 0.717) is 0 Å². The van der Waals surface area contributed by atoms with Crippen molar-refractivity contribution in [1.29, 1.82) is 0 Å². The van der Waals surface area contributed by atoms with Crippen molar-refractivity contribution in [2.75, 3.05) is 5.32 Å². The molecule has 132 valence electrons. The zero-order valence-electron chi connectivity index (χ0n) is 14.0. The highest BCUT2D eigenvalue weighted by atomic mass is 35.5. The minimum atomic E-state index is -0.989. The van der Waals surface area contributed by atoms with Crippen LogP contribution in [0.2, 0.25) is 5.02 Å². The van der Waals surface area contributed by atoms with Gasteiger partial charge >= 0.3 is 5.97 Å². The average molecular weight is 364 g/mol. The van der Waals surface area contributed by atoms with E-state index in [1.807, 2.05) is 37.3 Å². The van der Waals surface area contributed by atoms with Gasteiger partial charge in [0.05, 0.1) is 17.1 Å². The van der Waals surface area contributed by atoms with Crippen molar-refractivity contribution >= 4 is 29.2 Å². The van der Waals surface area contributed by atoms with E-state index in [0.717, 1.165) is 11.6 Å². The summed E-state index contributed by atoms with van der Waals surface area (Å²) in [6, 6.07) is 13.2. The van der Waals surface area contributed by atoms with Crippen molar-refractivity contribution in [2.24, 2.45) is 0 Å². The van der Waals surface area contributed by atoms with E-state index in [9.17, 15) is 14.0 Å². The van der Waals surface area contributed by atoms with E-state index >= 15 is 0 Å². The van der Waals surface area contributed by atoms with Gasteiger partial charge in [-0.05, 0) is 36.6 Å². The Balaban J connectivity index is 1.88. The largest absolute Gasteiger partial charge is 0.453 e. The molecule has 2 aromatic carbocycles. The number of carbonyl (C=O) groups excluding carboxylic acids is 2. The molecule has 0 fully saturated rings. The molecule has 0 bridgehead atoms. The fourth-order valence-electron chi connectivity index (χ4n) is 2.27. The van der Waals surface area contributed by atoms with Crippen LogP contribution in [0.4, 0.5) is 10.1 Å². The van der Waals surface area contributed by atoms with E-state index in [4.69, 9.17) is 16.3 Å². The maximum absolute atomic E-state index is 13.0. The lowest BCUT2D eigenvalue weighted by molar-refractivity contribution is -0.153. The zero-order chi connectivity index (χ0) is 18.4. The first-order valence-corrected chi connectivity index (χ1v) is 8.25. The number of ether oxygens (including phenoxy) is 1. The number of nitrogens with one attached hydrogen (secondary N) is 1. The summed E-state index contributed by atoms with van der Waals surface area (Å²) in [5, 5.41) is 2.59. The first kappa shape index (κ1) is 18.9. The van der Waals surface area contributed by atoms with Gasteiger partial charge in [-0.1, -0.05) is 48.9 Å². The van der Waals surface area contributed by atoms with Crippen LogP contribution in [0.3, 0.4) is 0 Å². The fraction of sp³-hybridized carbons (Fsp3) is 0.263. The highest BCUT2D eigenvalue weighted by Crippen LogP contribution is 2.23. The van der Waals surface area contributed by atoms with Gasteiger partial charge in [0.1, 0.15) is 5.82 Å². The average Bonchev–Trinajstić information content (AvgIpc) is 2.57. The first-order valence-electron chi connectivity index (χ1n) is 7.87. The molecule has 2 aromatic rings. The van der Waals surface area contributed by atoms with Crippen molar-refractivity contribution < 1.29 is 18.7 Å². The maximum atomic E-state index is 13.0. The number of amides is 1. The van der Waals surface area contributed by atoms with E-state index < -0.39 is 23.8 Å². The van der Waals surface area contributed by atoms with Gasteiger partial charge in [-0.2, -0.15) is 0 Å². The summed E-state index contributed by atoms with van der Waals surface area (Å²) in [5.41, 5.74) is 1.28. The second-order valence-electron chi connectivity index (χ2n) is 5.76. The summed E-state index contributed by atoms with van der Waals surface area (Å²) in [6.07, 6.45) is -0.824. The number of hydrogen-bond donors (Lipinski definition) is 1. The van der Waals surface area contributed by atoms with E-state index in [1.54, 1.807) is 0 Å². The number of rotatable bonds is 6. The minimum Gasteiger partial charge on any atom is -0.453 e. The Morgan fingerprint density at radius 3 is 2.48 bits per heavy atom. The summed E-state index contributed by atoms with van der Waals surface area (Å²) < 4.78 is 18.2. The minimum absolute atomic E-state index is 0.0181. The van der Waals surface area contributed by atoms with Crippen molar-refractivity contribution in [3.63, 3.8) is 0 Å². The predicted octanol–water partition coefficient (Wildman–Crippen LogP) is 4.54. The monoisotopic (exact) mass is 363 g/mol. The molecule has 0 heterocycles. The highest BCUT2D eigenvalue weighted by molar-refractivity contribution is 6.33. The standard InChI is InChI=1S/C19H19ClFNO3/c1-12(14-6-4-3-5-7-14)10-18(23)25-13(2)19(24)22-17-9-8-15(21)11-16(17)20/h3-9,11-13H,10H2,1-2H3,(H,22,24)/t12-,13+/m0/s1. The second kappa shape index (κ2) is 8.62. The third kappa shape index (κ3) is 5.57. The third-order valence-electron chi connectivity index (χ3n) is 3.71. The van der Waals surface area contributed by atoms with E-state index in [1.165, 1.54) is 19.1 Å². The molecule has 2 atom stereocenters. The molecule has 0 radical (unpaired) electrons. The Hall–Kier alpha value is -2.40. The van der Waals surface area contributed by atoms with Gasteiger partial charge in [0.25, 0.3) is 5.91 Å². The number of carbonyl (C=O) groups is 2. The molecule has 0 spiro atoms. The summed E-state index contributed by atoms with van der Waals surface area (Å²) in [4.78, 5) is 24.1. The van der Waals surface area contributed by atoms with Crippen LogP contribution < -0.4 is 5.32 Å². The molecule has 0 aliphatic rings. The Labute approximate surface area is 150 Å². The van der Waals surface area contributed by atoms with Gasteiger partial charge in [-0.3, -0.25) is 9.59 Å². The van der Waals surface area contributed by atoms with E-state index in [2.05, 4.69) is 5.32 Å². The van der Waals surface area contributed by atoms with Crippen LogP contribution in [0.1, 0.15) is 31.7 Å². The van der Waals surface area contributed by atoms with Crippen LogP contribution in [-0.2, 0) is 14.3 Å². The summed E-state index contributed by atoms with van der Waals surface area (Å²) in [6.45, 7) is 3.39. The Morgan fingerprint density at radius 1 is 1.16 bits per heavy atom. The number of anilines is 1. The molecule has 0 aliphatic heterocycles. The quantitative estimate of drug-likeness (QED) is 0.766. The van der Waals surface area contributed by atoms with Gasteiger partial charge in [-0.25, -0.2) is 4.39 Å². The number of benzene rings is 2. The van der Waals surface area contributed by atoms with Gasteiger partial charge in [-0.15, -0.1) is 0 Å². The first-order chi connectivity index (χ1) is 11.9. The third-order valence-corrected chi connectivity index (χ3v) is 4.02. The molecule has 0 aromatic heterocycles. The molecule has 4 nitrogen and oxygen atoms in total. The predicted molar refractivity (Wildman–Crippen MR) is 95.1 cm³/mol. The lowest BCUT2D eigenvalue weighted by Gasteiger charge is -2.16. The van der Waals surface area contributed by atoms with Crippen molar-refractivity contribution in [3.05, 3.63) is 64.9 Å². The summed E-state index contributed by atoms with van der Waals surface area (Å²) in [7, 11) is 0. The summed E-state index contributed by atoms with van der Waals surface area (Å²) in [5.74, 6) is -1.52. The molecule has 0 saturated heterocycles.